The van der Waals surface area contributed by atoms with Gasteiger partial charge in [-0.2, -0.15) is 4.98 Å². The molecule has 0 aliphatic rings. The number of hydrogen-bond donors (Lipinski definition) is 1. The first-order chi connectivity index (χ1) is 7.42. The summed E-state index contributed by atoms with van der Waals surface area (Å²) in [5.74, 6) is 1.54. The molecule has 1 aromatic rings. The van der Waals surface area contributed by atoms with Gasteiger partial charge in [0.25, 0.3) is 0 Å². The first kappa shape index (κ1) is 13.2. The van der Waals surface area contributed by atoms with Crippen molar-refractivity contribution in [2.24, 2.45) is 0 Å². The molecule has 0 aromatic carbocycles. The third-order valence-electron chi connectivity index (χ3n) is 3.04. The quantitative estimate of drug-likeness (QED) is 0.924. The van der Waals surface area contributed by atoms with E-state index in [1.54, 1.807) is 6.20 Å². The smallest absolute Gasteiger partial charge is 0.224 e. The van der Waals surface area contributed by atoms with E-state index in [0.717, 1.165) is 16.7 Å². The van der Waals surface area contributed by atoms with Crippen molar-refractivity contribution in [1.29, 1.82) is 0 Å². The van der Waals surface area contributed by atoms with Crippen LogP contribution in [0.15, 0.2) is 10.7 Å². The SMILES string of the molecule is CCC(C)(C)N(C)c1nc(NC)ncc1Br. The molecule has 0 unspecified atom stereocenters. The van der Waals surface area contributed by atoms with Gasteiger partial charge in [-0.25, -0.2) is 4.98 Å². The molecule has 16 heavy (non-hydrogen) atoms. The summed E-state index contributed by atoms with van der Waals surface area (Å²) in [6.45, 7) is 6.56. The van der Waals surface area contributed by atoms with Gasteiger partial charge in [0.2, 0.25) is 5.95 Å². The van der Waals surface area contributed by atoms with Crippen molar-refractivity contribution in [2.45, 2.75) is 32.7 Å². The molecule has 5 heteroatoms. The van der Waals surface area contributed by atoms with E-state index in [9.17, 15) is 0 Å². The van der Waals surface area contributed by atoms with Gasteiger partial charge in [0.05, 0.1) is 4.47 Å². The van der Waals surface area contributed by atoms with Crippen LogP contribution in [-0.4, -0.2) is 29.6 Å². The van der Waals surface area contributed by atoms with Gasteiger partial charge < -0.3 is 10.2 Å². The van der Waals surface area contributed by atoms with Crippen molar-refractivity contribution in [3.63, 3.8) is 0 Å². The Balaban J connectivity index is 3.11. The summed E-state index contributed by atoms with van der Waals surface area (Å²) in [6, 6.07) is 0. The second kappa shape index (κ2) is 4.99. The molecule has 1 heterocycles. The Morgan fingerprint density at radius 3 is 2.62 bits per heavy atom. The van der Waals surface area contributed by atoms with Crippen LogP contribution in [0.2, 0.25) is 0 Å². The van der Waals surface area contributed by atoms with Crippen molar-refractivity contribution in [1.82, 2.24) is 9.97 Å². The first-order valence-electron chi connectivity index (χ1n) is 5.36. The number of nitrogens with zero attached hydrogens (tertiary/aromatic N) is 3. The lowest BCUT2D eigenvalue weighted by Gasteiger charge is -2.36. The van der Waals surface area contributed by atoms with E-state index >= 15 is 0 Å². The second-order valence-corrected chi connectivity index (χ2v) is 5.19. The van der Waals surface area contributed by atoms with Crippen molar-refractivity contribution in [3.8, 4) is 0 Å². The number of nitrogens with one attached hydrogen (secondary N) is 1. The summed E-state index contributed by atoms with van der Waals surface area (Å²) >= 11 is 3.49. The molecule has 1 rings (SSSR count). The molecule has 0 saturated heterocycles. The molecule has 1 aromatic heterocycles. The van der Waals surface area contributed by atoms with Gasteiger partial charge in [-0.3, -0.25) is 0 Å². The van der Waals surface area contributed by atoms with Gasteiger partial charge in [-0.15, -0.1) is 0 Å². The highest BCUT2D eigenvalue weighted by Gasteiger charge is 2.24. The Kier molecular flexibility index (Phi) is 4.13. The average molecular weight is 287 g/mol. The largest absolute Gasteiger partial charge is 0.357 e. The van der Waals surface area contributed by atoms with Crippen LogP contribution in [0, 0.1) is 0 Å². The fraction of sp³-hybridized carbons (Fsp3) is 0.636. The van der Waals surface area contributed by atoms with Gasteiger partial charge in [-0.05, 0) is 36.2 Å². The lowest BCUT2D eigenvalue weighted by atomic mass is 10.0. The number of aromatic nitrogens is 2. The number of rotatable bonds is 4. The second-order valence-electron chi connectivity index (χ2n) is 4.34. The van der Waals surface area contributed by atoms with E-state index in [1.165, 1.54) is 0 Å². The monoisotopic (exact) mass is 286 g/mol. The maximum atomic E-state index is 4.46. The van der Waals surface area contributed by atoms with Crippen molar-refractivity contribution < 1.29 is 0 Å². The molecule has 90 valence electrons. The molecule has 0 saturated carbocycles. The summed E-state index contributed by atoms with van der Waals surface area (Å²) in [5.41, 5.74) is 0.0713. The van der Waals surface area contributed by atoms with Crippen molar-refractivity contribution in [3.05, 3.63) is 10.7 Å². The third kappa shape index (κ3) is 2.64. The molecule has 4 nitrogen and oxygen atoms in total. The number of anilines is 2. The van der Waals surface area contributed by atoms with Crippen LogP contribution in [0.25, 0.3) is 0 Å². The minimum atomic E-state index is 0.0713. The third-order valence-corrected chi connectivity index (χ3v) is 3.60. The zero-order chi connectivity index (χ0) is 12.3. The highest BCUT2D eigenvalue weighted by atomic mass is 79.9. The minimum absolute atomic E-state index is 0.0713. The van der Waals surface area contributed by atoms with Crippen LogP contribution >= 0.6 is 15.9 Å². The Hall–Kier alpha value is -0.840. The Bertz CT molecular complexity index is 365. The molecule has 0 spiro atoms. The van der Waals surface area contributed by atoms with Crippen molar-refractivity contribution >= 4 is 27.7 Å². The topological polar surface area (TPSA) is 41.1 Å². The van der Waals surface area contributed by atoms with Crippen LogP contribution in [0.3, 0.4) is 0 Å². The van der Waals surface area contributed by atoms with Gasteiger partial charge >= 0.3 is 0 Å². The van der Waals surface area contributed by atoms with Crippen LogP contribution in [0.1, 0.15) is 27.2 Å². The van der Waals surface area contributed by atoms with Crippen LogP contribution < -0.4 is 10.2 Å². The van der Waals surface area contributed by atoms with Gasteiger partial charge in [-0.1, -0.05) is 6.92 Å². The zero-order valence-corrected chi connectivity index (χ0v) is 12.1. The van der Waals surface area contributed by atoms with E-state index in [2.05, 4.69) is 63.9 Å². The Morgan fingerprint density at radius 2 is 2.12 bits per heavy atom. The molecule has 0 fully saturated rings. The van der Waals surface area contributed by atoms with Crippen molar-refractivity contribution in [2.75, 3.05) is 24.3 Å². The highest BCUT2D eigenvalue weighted by molar-refractivity contribution is 9.10. The molecule has 0 atom stereocenters. The Labute approximate surface area is 106 Å². The van der Waals surface area contributed by atoms with Crippen LogP contribution in [-0.2, 0) is 0 Å². The van der Waals surface area contributed by atoms with E-state index in [1.807, 2.05) is 7.05 Å². The van der Waals surface area contributed by atoms with E-state index in [-0.39, 0.29) is 5.54 Å². The van der Waals surface area contributed by atoms with Crippen LogP contribution in [0.4, 0.5) is 11.8 Å². The summed E-state index contributed by atoms with van der Waals surface area (Å²) in [4.78, 5) is 10.8. The summed E-state index contributed by atoms with van der Waals surface area (Å²) in [7, 11) is 3.87. The molecule has 1 N–H and O–H groups in total. The molecule has 0 aliphatic carbocycles. The maximum absolute atomic E-state index is 4.46. The van der Waals surface area contributed by atoms with Gasteiger partial charge in [0, 0.05) is 25.8 Å². The predicted octanol–water partition coefficient (Wildman–Crippen LogP) is 2.91. The molecule has 0 radical (unpaired) electrons. The van der Waals surface area contributed by atoms with Gasteiger partial charge in [0.15, 0.2) is 0 Å². The molecular formula is C11H19BrN4. The normalized spacial score (nSPS) is 11.4. The molecule has 0 bridgehead atoms. The van der Waals surface area contributed by atoms with E-state index in [4.69, 9.17) is 0 Å². The van der Waals surface area contributed by atoms with E-state index in [0.29, 0.717) is 5.95 Å². The fourth-order valence-corrected chi connectivity index (χ4v) is 1.69. The average Bonchev–Trinajstić information content (AvgIpc) is 2.29. The highest BCUT2D eigenvalue weighted by Crippen LogP contribution is 2.29. The fourth-order valence-electron chi connectivity index (χ4n) is 1.24. The zero-order valence-electron chi connectivity index (χ0n) is 10.5. The van der Waals surface area contributed by atoms with E-state index < -0.39 is 0 Å². The van der Waals surface area contributed by atoms with Gasteiger partial charge in [0.1, 0.15) is 5.82 Å². The molecular weight excluding hydrogens is 268 g/mol. The number of hydrogen-bond acceptors (Lipinski definition) is 4. The molecule has 0 amide bonds. The minimum Gasteiger partial charge on any atom is -0.357 e. The summed E-state index contributed by atoms with van der Waals surface area (Å²) in [6.07, 6.45) is 2.82. The lowest BCUT2D eigenvalue weighted by Crippen LogP contribution is -2.41. The maximum Gasteiger partial charge on any atom is 0.224 e. The summed E-state index contributed by atoms with van der Waals surface area (Å²) in [5, 5.41) is 2.95. The first-order valence-corrected chi connectivity index (χ1v) is 6.15. The van der Waals surface area contributed by atoms with Crippen LogP contribution in [0.5, 0.6) is 0 Å². The molecule has 0 aliphatic heterocycles. The predicted molar refractivity (Wildman–Crippen MR) is 72.1 cm³/mol. The Morgan fingerprint density at radius 1 is 1.50 bits per heavy atom. The summed E-state index contributed by atoms with van der Waals surface area (Å²) < 4.78 is 0.913. The standard InChI is InChI=1S/C11H19BrN4/c1-6-11(2,3)16(5)9-8(12)7-14-10(13-4)15-9/h7H,6H2,1-5H3,(H,13,14,15). The lowest BCUT2D eigenvalue weighted by molar-refractivity contribution is 0.466. The number of halogens is 1.